The summed E-state index contributed by atoms with van der Waals surface area (Å²) in [4.78, 5) is 24.9. The number of phenolic OH excluding ortho intramolecular Hbond substituents is 1. The summed E-state index contributed by atoms with van der Waals surface area (Å²) in [6, 6.07) is 10.1. The fraction of sp³-hybridized carbons (Fsp3) is 0.556. The van der Waals surface area contributed by atoms with Crippen LogP contribution in [0.15, 0.2) is 51.7 Å². The van der Waals surface area contributed by atoms with Crippen LogP contribution in [-0.2, 0) is 33.2 Å². The van der Waals surface area contributed by atoms with E-state index in [0.717, 1.165) is 13.0 Å². The molecule has 2 aromatic carbocycles. The van der Waals surface area contributed by atoms with Gasteiger partial charge in [0.15, 0.2) is 30.2 Å². The van der Waals surface area contributed by atoms with Gasteiger partial charge in [0, 0.05) is 30.7 Å². The highest BCUT2D eigenvalue weighted by Crippen LogP contribution is 2.36. The molecule has 0 radical (unpaired) electrons. The van der Waals surface area contributed by atoms with Crippen LogP contribution in [-0.4, -0.2) is 164 Å². The first-order valence-electron chi connectivity index (χ1n) is 17.5. The molecule has 15 atom stereocenters. The van der Waals surface area contributed by atoms with Crippen LogP contribution < -0.4 is 14.9 Å². The topological polar surface area (TPSA) is 303 Å². The lowest BCUT2D eigenvalue weighted by molar-refractivity contribution is -0.360. The second kappa shape index (κ2) is 17.2. The number of carbonyl (C=O) groups is 1. The molecule has 0 aliphatic carbocycles. The average molecular weight is 797 g/mol. The number of hydrogen-bond donors (Lipinski definition) is 9. The molecule has 0 amide bonds. The third-order valence-corrected chi connectivity index (χ3v) is 9.70. The van der Waals surface area contributed by atoms with Gasteiger partial charge in [0.2, 0.25) is 6.29 Å². The molecule has 308 valence electrons. The Kier molecular flexibility index (Phi) is 12.8. The van der Waals surface area contributed by atoms with Gasteiger partial charge in [-0.1, -0.05) is 0 Å². The molecule has 3 aliphatic heterocycles. The van der Waals surface area contributed by atoms with Gasteiger partial charge in [-0.25, -0.2) is 0 Å². The van der Waals surface area contributed by atoms with E-state index in [1.165, 1.54) is 26.2 Å². The van der Waals surface area contributed by atoms with Crippen LogP contribution in [0.2, 0.25) is 0 Å². The number of aromatic hydroxyl groups is 1. The number of aliphatic hydroxyl groups is 8. The molecule has 56 heavy (non-hydrogen) atoms. The summed E-state index contributed by atoms with van der Waals surface area (Å²) >= 11 is 0. The molecule has 0 spiro atoms. The van der Waals surface area contributed by atoms with Crippen molar-refractivity contribution < 1.29 is 93.1 Å². The minimum atomic E-state index is -1.95. The molecule has 20 heteroatoms. The Morgan fingerprint density at radius 1 is 0.750 bits per heavy atom. The Balaban J connectivity index is 1.31. The molecule has 0 bridgehead atoms. The number of phenols is 1. The molecule has 3 fully saturated rings. The lowest BCUT2D eigenvalue weighted by Gasteiger charge is -2.46. The minimum Gasteiger partial charge on any atom is -0.507 e. The maximum atomic E-state index is 13.1. The highest BCUT2D eigenvalue weighted by atomic mass is 16.8. The lowest BCUT2D eigenvalue weighted by Crippen LogP contribution is -2.65. The highest BCUT2D eigenvalue weighted by molar-refractivity contribution is 5.86. The fourth-order valence-electron chi connectivity index (χ4n) is 6.62. The predicted octanol–water partition coefficient (Wildman–Crippen LogP) is -2.40. The van der Waals surface area contributed by atoms with Crippen molar-refractivity contribution in [1.82, 2.24) is 0 Å². The summed E-state index contributed by atoms with van der Waals surface area (Å²) in [5, 5.41) is 95.2. The number of ether oxygens (including phenoxy) is 8. The Morgan fingerprint density at radius 3 is 2.09 bits per heavy atom. The summed E-state index contributed by atoms with van der Waals surface area (Å²) < 4.78 is 50.7. The van der Waals surface area contributed by atoms with Crippen molar-refractivity contribution in [3.05, 3.63) is 52.7 Å². The summed E-state index contributed by atoms with van der Waals surface area (Å²) in [7, 11) is 1.49. The molecule has 9 N–H and O–H groups in total. The first-order chi connectivity index (χ1) is 26.6. The van der Waals surface area contributed by atoms with Crippen molar-refractivity contribution in [2.75, 3.05) is 20.3 Å². The molecular formula is C36H44O20. The van der Waals surface area contributed by atoms with Crippen molar-refractivity contribution >= 4 is 16.9 Å². The van der Waals surface area contributed by atoms with Gasteiger partial charge in [0.1, 0.15) is 88.9 Å². The Bertz CT molecular complexity index is 1870. The van der Waals surface area contributed by atoms with Crippen molar-refractivity contribution in [2.24, 2.45) is 0 Å². The first kappa shape index (κ1) is 41.6. The van der Waals surface area contributed by atoms with Crippen LogP contribution >= 0.6 is 0 Å². The average Bonchev–Trinajstić information content (AvgIpc) is 3.17. The van der Waals surface area contributed by atoms with Gasteiger partial charge in [-0.2, -0.15) is 0 Å². The van der Waals surface area contributed by atoms with Crippen molar-refractivity contribution in [3.63, 3.8) is 0 Å². The third-order valence-electron chi connectivity index (χ3n) is 9.70. The van der Waals surface area contributed by atoms with E-state index in [1.807, 2.05) is 0 Å². The zero-order chi connectivity index (χ0) is 40.6. The minimum absolute atomic E-state index is 0.128. The Labute approximate surface area is 317 Å². The second-order valence-corrected chi connectivity index (χ2v) is 13.6. The Hall–Kier alpha value is -4.00. The number of methoxy groups -OCH3 is 1. The monoisotopic (exact) mass is 796 g/mol. The van der Waals surface area contributed by atoms with E-state index in [2.05, 4.69) is 0 Å². The molecule has 20 nitrogen and oxygen atoms in total. The van der Waals surface area contributed by atoms with Crippen LogP contribution in [0.5, 0.6) is 17.2 Å². The van der Waals surface area contributed by atoms with Gasteiger partial charge in [-0.05, 0) is 31.2 Å². The number of rotatable bonds is 11. The summed E-state index contributed by atoms with van der Waals surface area (Å²) in [6.45, 7) is 1.04. The lowest BCUT2D eigenvalue weighted by atomic mass is 9.97. The smallest absolute Gasteiger partial charge is 0.303 e. The molecule has 15 unspecified atom stereocenters. The summed E-state index contributed by atoms with van der Waals surface area (Å²) in [6.07, 6.45) is -24.8. The van der Waals surface area contributed by atoms with Crippen molar-refractivity contribution in [3.8, 4) is 28.6 Å². The SMILES string of the molecule is COc1ccc(-c2cc(=O)c3c(O)cc(OC4OC(COC5OC(CO)C(O)C(O)C5O)C(O)C(O)C4OC4OC(C)C(O)C(OC(C)=O)C4O)cc3o2)cc1. The number of hydrogen-bond acceptors (Lipinski definition) is 20. The molecule has 6 rings (SSSR count). The number of benzene rings is 2. The molecule has 3 saturated heterocycles. The van der Waals surface area contributed by atoms with E-state index in [4.69, 9.17) is 42.3 Å². The zero-order valence-corrected chi connectivity index (χ0v) is 30.1. The molecule has 0 saturated carbocycles. The maximum Gasteiger partial charge on any atom is 0.303 e. The predicted molar refractivity (Wildman–Crippen MR) is 184 cm³/mol. The van der Waals surface area contributed by atoms with Crippen LogP contribution in [0, 0.1) is 0 Å². The molecule has 1 aromatic heterocycles. The number of esters is 1. The van der Waals surface area contributed by atoms with Crippen LogP contribution in [0.4, 0.5) is 0 Å². The third kappa shape index (κ3) is 8.48. The van der Waals surface area contributed by atoms with Gasteiger partial charge in [0.25, 0.3) is 0 Å². The highest BCUT2D eigenvalue weighted by Gasteiger charge is 2.53. The van der Waals surface area contributed by atoms with E-state index < -0.39 is 122 Å². The van der Waals surface area contributed by atoms with Gasteiger partial charge < -0.3 is 88.3 Å². The Morgan fingerprint density at radius 2 is 1.43 bits per heavy atom. The van der Waals surface area contributed by atoms with Crippen LogP contribution in [0.3, 0.4) is 0 Å². The quantitative estimate of drug-likeness (QED) is 0.0914. The first-order valence-corrected chi connectivity index (χ1v) is 17.5. The van der Waals surface area contributed by atoms with Gasteiger partial charge >= 0.3 is 5.97 Å². The largest absolute Gasteiger partial charge is 0.507 e. The van der Waals surface area contributed by atoms with E-state index in [0.29, 0.717) is 11.3 Å². The number of aliphatic hydroxyl groups excluding tert-OH is 8. The molecular weight excluding hydrogens is 752 g/mol. The number of carbonyl (C=O) groups excluding carboxylic acids is 1. The van der Waals surface area contributed by atoms with E-state index in [1.54, 1.807) is 24.3 Å². The van der Waals surface area contributed by atoms with Gasteiger partial charge in [-0.15, -0.1) is 0 Å². The molecule has 3 aliphatic rings. The van der Waals surface area contributed by atoms with E-state index in [-0.39, 0.29) is 22.5 Å². The van der Waals surface area contributed by atoms with Crippen LogP contribution in [0.25, 0.3) is 22.3 Å². The van der Waals surface area contributed by atoms with Gasteiger partial charge in [-0.3, -0.25) is 9.59 Å². The number of fused-ring (bicyclic) bond motifs is 1. The van der Waals surface area contributed by atoms with Crippen molar-refractivity contribution in [2.45, 2.75) is 106 Å². The molecule has 4 heterocycles. The van der Waals surface area contributed by atoms with Crippen LogP contribution in [0.1, 0.15) is 13.8 Å². The molecule has 3 aromatic rings. The summed E-state index contributed by atoms with van der Waals surface area (Å²) in [5.74, 6) is -0.937. The summed E-state index contributed by atoms with van der Waals surface area (Å²) in [5.41, 5.74) is -0.230. The van der Waals surface area contributed by atoms with Gasteiger partial charge in [0.05, 0.1) is 26.4 Å². The fourth-order valence-corrected chi connectivity index (χ4v) is 6.62. The van der Waals surface area contributed by atoms with E-state index >= 15 is 0 Å². The van der Waals surface area contributed by atoms with Crippen molar-refractivity contribution in [1.29, 1.82) is 0 Å². The standard InChI is InChI=1S/C36H44O20/c1-13-25(41)32(51-14(2)38)31(47)35(50-13)56-33-29(45)27(43)23(12-49-34-30(46)28(44)26(42)22(11-37)54-34)55-36(33)52-17-8-18(39)24-19(40)10-20(53-21(24)9-17)15-4-6-16(48-3)7-5-15/h4-10,13,22-23,25-37,39,41-47H,11-12H2,1-3H3. The normalized spacial score (nSPS) is 36.2. The maximum absolute atomic E-state index is 13.1. The second-order valence-electron chi connectivity index (χ2n) is 13.6. The van der Waals surface area contributed by atoms with E-state index in [9.17, 15) is 55.5 Å². The zero-order valence-electron chi connectivity index (χ0n) is 30.1.